The number of benzene rings is 1. The minimum atomic E-state index is -0.650. The molecule has 0 atom stereocenters. The summed E-state index contributed by atoms with van der Waals surface area (Å²) in [6, 6.07) is 4.52. The van der Waals surface area contributed by atoms with Crippen LogP contribution in [0.4, 0.5) is 10.1 Å². The van der Waals surface area contributed by atoms with Crippen molar-refractivity contribution < 1.29 is 18.8 Å². The van der Waals surface area contributed by atoms with E-state index in [4.69, 9.17) is 9.57 Å². The van der Waals surface area contributed by atoms with Crippen LogP contribution in [0.5, 0.6) is 5.75 Å². The number of anilines is 1. The van der Waals surface area contributed by atoms with Crippen molar-refractivity contribution in [3.8, 4) is 5.75 Å². The Morgan fingerprint density at radius 1 is 1.35 bits per heavy atom. The van der Waals surface area contributed by atoms with Crippen LogP contribution < -0.4 is 10.2 Å². The first kappa shape index (κ1) is 13.3. The number of nitrogens with one attached hydrogen (secondary N) is 1. The molecule has 0 unspecified atom stereocenters. The second kappa shape index (κ2) is 5.03. The summed E-state index contributed by atoms with van der Waals surface area (Å²) >= 11 is 0. The normalized spacial score (nSPS) is 10.9. The summed E-state index contributed by atoms with van der Waals surface area (Å²) in [5, 5.41) is 0. The minimum absolute atomic E-state index is 0.0574. The van der Waals surface area contributed by atoms with Crippen LogP contribution in [0.25, 0.3) is 0 Å². The summed E-state index contributed by atoms with van der Waals surface area (Å²) < 4.78 is 18.4. The molecule has 0 aliphatic carbocycles. The highest BCUT2D eigenvalue weighted by Crippen LogP contribution is 2.24. The Hall–Kier alpha value is -1.78. The smallest absolute Gasteiger partial charge is 0.337 e. The van der Waals surface area contributed by atoms with Crippen LogP contribution in [0.1, 0.15) is 20.8 Å². The van der Waals surface area contributed by atoms with Gasteiger partial charge in [0.2, 0.25) is 0 Å². The van der Waals surface area contributed by atoms with E-state index in [1.807, 2.05) is 0 Å². The van der Waals surface area contributed by atoms with Gasteiger partial charge >= 0.3 is 5.97 Å². The average molecular weight is 241 g/mol. The molecule has 0 aliphatic heterocycles. The molecule has 1 aromatic rings. The lowest BCUT2D eigenvalue weighted by atomic mass is 9.98. The third-order valence-corrected chi connectivity index (χ3v) is 2.05. The van der Waals surface area contributed by atoms with Gasteiger partial charge in [-0.05, 0) is 32.9 Å². The molecule has 1 rings (SSSR count). The first-order chi connectivity index (χ1) is 7.86. The lowest BCUT2D eigenvalue weighted by molar-refractivity contribution is -0.149. The zero-order valence-corrected chi connectivity index (χ0v) is 10.3. The SMILES string of the molecule is COc1cccc(NOC(=O)C(C)(C)C)c1F. The van der Waals surface area contributed by atoms with Crippen molar-refractivity contribution in [1.29, 1.82) is 0 Å². The number of halogens is 1. The molecule has 0 amide bonds. The highest BCUT2D eigenvalue weighted by Gasteiger charge is 2.24. The maximum atomic E-state index is 13.6. The van der Waals surface area contributed by atoms with Crippen molar-refractivity contribution in [2.45, 2.75) is 20.8 Å². The Labute approximate surface area is 99.7 Å². The van der Waals surface area contributed by atoms with Crippen LogP contribution in [-0.2, 0) is 9.63 Å². The number of carbonyl (C=O) groups is 1. The van der Waals surface area contributed by atoms with Crippen LogP contribution in [0, 0.1) is 11.2 Å². The topological polar surface area (TPSA) is 47.6 Å². The lowest BCUT2D eigenvalue weighted by Gasteiger charge is -2.17. The maximum absolute atomic E-state index is 13.6. The first-order valence-electron chi connectivity index (χ1n) is 5.16. The fraction of sp³-hybridized carbons (Fsp3) is 0.417. The molecule has 1 aromatic carbocycles. The van der Waals surface area contributed by atoms with Gasteiger partial charge in [-0.1, -0.05) is 6.07 Å². The molecular formula is C12H16FNO3. The van der Waals surface area contributed by atoms with E-state index in [9.17, 15) is 9.18 Å². The van der Waals surface area contributed by atoms with Gasteiger partial charge in [0.25, 0.3) is 0 Å². The number of hydrogen-bond donors (Lipinski definition) is 1. The third-order valence-electron chi connectivity index (χ3n) is 2.05. The van der Waals surface area contributed by atoms with Gasteiger partial charge in [0.15, 0.2) is 11.6 Å². The van der Waals surface area contributed by atoms with E-state index in [0.717, 1.165) is 0 Å². The van der Waals surface area contributed by atoms with E-state index in [0.29, 0.717) is 0 Å². The Morgan fingerprint density at radius 3 is 2.53 bits per heavy atom. The third kappa shape index (κ3) is 3.34. The molecule has 0 aromatic heterocycles. The zero-order chi connectivity index (χ0) is 13.1. The van der Waals surface area contributed by atoms with Crippen molar-refractivity contribution in [2.75, 3.05) is 12.6 Å². The molecule has 17 heavy (non-hydrogen) atoms. The van der Waals surface area contributed by atoms with Crippen molar-refractivity contribution >= 4 is 11.7 Å². The Morgan fingerprint density at radius 2 is 2.00 bits per heavy atom. The molecule has 94 valence electrons. The molecule has 4 nitrogen and oxygen atoms in total. The van der Waals surface area contributed by atoms with Gasteiger partial charge in [-0.3, -0.25) is 0 Å². The Balaban J connectivity index is 2.74. The molecule has 5 heteroatoms. The van der Waals surface area contributed by atoms with Crippen LogP contribution >= 0.6 is 0 Å². The van der Waals surface area contributed by atoms with Gasteiger partial charge in [0.05, 0.1) is 12.5 Å². The highest BCUT2D eigenvalue weighted by atomic mass is 19.1. The van der Waals surface area contributed by atoms with Crippen molar-refractivity contribution in [2.24, 2.45) is 5.41 Å². The maximum Gasteiger partial charge on any atom is 0.337 e. The van der Waals surface area contributed by atoms with Gasteiger partial charge in [-0.25, -0.2) is 14.7 Å². The number of methoxy groups -OCH3 is 1. The molecule has 0 spiro atoms. The molecule has 0 aliphatic rings. The second-order valence-electron chi connectivity index (χ2n) is 4.56. The molecule has 0 radical (unpaired) electrons. The predicted molar refractivity (Wildman–Crippen MR) is 62.1 cm³/mol. The molecule has 0 fully saturated rings. The number of ether oxygens (including phenoxy) is 1. The summed E-state index contributed by atoms with van der Waals surface area (Å²) in [7, 11) is 1.36. The minimum Gasteiger partial charge on any atom is -0.494 e. The molecular weight excluding hydrogens is 225 g/mol. The van der Waals surface area contributed by atoms with Crippen molar-refractivity contribution in [3.63, 3.8) is 0 Å². The quantitative estimate of drug-likeness (QED) is 0.826. The van der Waals surface area contributed by atoms with Gasteiger partial charge in [0.1, 0.15) is 5.69 Å². The molecule has 0 bridgehead atoms. The van der Waals surface area contributed by atoms with Crippen molar-refractivity contribution in [3.05, 3.63) is 24.0 Å². The predicted octanol–water partition coefficient (Wildman–Crippen LogP) is 2.75. The standard InChI is InChI=1S/C12H16FNO3/c1-12(2,3)11(15)17-14-8-6-5-7-9(16-4)10(8)13/h5-7,14H,1-4H3. The highest BCUT2D eigenvalue weighted by molar-refractivity contribution is 5.76. The van der Waals surface area contributed by atoms with Crippen LogP contribution in [0.3, 0.4) is 0 Å². The second-order valence-corrected chi connectivity index (χ2v) is 4.56. The summed E-state index contributed by atoms with van der Waals surface area (Å²) in [6.07, 6.45) is 0. The van der Waals surface area contributed by atoms with Crippen LogP contribution in [0.15, 0.2) is 18.2 Å². The van der Waals surface area contributed by atoms with Gasteiger partial charge < -0.3 is 9.57 Å². The van der Waals surface area contributed by atoms with E-state index in [2.05, 4.69) is 5.48 Å². The van der Waals surface area contributed by atoms with E-state index < -0.39 is 17.2 Å². The van der Waals surface area contributed by atoms with Gasteiger partial charge in [-0.15, -0.1) is 0 Å². The largest absolute Gasteiger partial charge is 0.494 e. The Bertz CT molecular complexity index is 413. The number of hydrogen-bond acceptors (Lipinski definition) is 4. The monoisotopic (exact) mass is 241 g/mol. The fourth-order valence-electron chi connectivity index (χ4n) is 1.00. The van der Waals surface area contributed by atoms with E-state index >= 15 is 0 Å². The summed E-state index contributed by atoms with van der Waals surface area (Å²) in [4.78, 5) is 16.3. The molecule has 0 saturated carbocycles. The summed E-state index contributed by atoms with van der Waals surface area (Å²) in [5.74, 6) is -0.988. The van der Waals surface area contributed by atoms with Crippen LogP contribution in [-0.4, -0.2) is 13.1 Å². The van der Waals surface area contributed by atoms with Gasteiger partial charge in [-0.2, -0.15) is 0 Å². The summed E-state index contributed by atoms with van der Waals surface area (Å²) in [5.41, 5.74) is 1.70. The lowest BCUT2D eigenvalue weighted by Crippen LogP contribution is -2.25. The average Bonchev–Trinajstić information content (AvgIpc) is 2.26. The molecule has 0 heterocycles. The van der Waals surface area contributed by atoms with Gasteiger partial charge in [0, 0.05) is 0 Å². The van der Waals surface area contributed by atoms with Crippen LogP contribution in [0.2, 0.25) is 0 Å². The summed E-state index contributed by atoms with van der Waals surface area (Å²) in [6.45, 7) is 5.12. The number of rotatable bonds is 3. The fourth-order valence-corrected chi connectivity index (χ4v) is 1.00. The first-order valence-corrected chi connectivity index (χ1v) is 5.16. The Kier molecular flexibility index (Phi) is 3.93. The van der Waals surface area contributed by atoms with Crippen molar-refractivity contribution in [1.82, 2.24) is 0 Å². The van der Waals surface area contributed by atoms with E-state index in [-0.39, 0.29) is 11.4 Å². The molecule has 0 saturated heterocycles. The molecule has 1 N–H and O–H groups in total. The zero-order valence-electron chi connectivity index (χ0n) is 10.3. The van der Waals surface area contributed by atoms with E-state index in [1.165, 1.54) is 19.2 Å². The van der Waals surface area contributed by atoms with E-state index in [1.54, 1.807) is 26.8 Å². The number of carbonyl (C=O) groups excluding carboxylic acids is 1.